The Labute approximate surface area is 293 Å². The van der Waals surface area contributed by atoms with Gasteiger partial charge in [0.2, 0.25) is 0 Å². The summed E-state index contributed by atoms with van der Waals surface area (Å²) in [6, 6.07) is 33.3. The quantitative estimate of drug-likeness (QED) is 0.180. The molecule has 0 amide bonds. The lowest BCUT2D eigenvalue weighted by Crippen LogP contribution is -2.15. The average molecular weight is 684 g/mol. The summed E-state index contributed by atoms with van der Waals surface area (Å²) in [5.41, 5.74) is 8.91. The minimum Gasteiger partial charge on any atom is -0.456 e. The van der Waals surface area contributed by atoms with Crippen LogP contribution in [0.1, 0.15) is 59.5 Å². The van der Waals surface area contributed by atoms with E-state index in [1.54, 1.807) is 6.07 Å². The molecule has 7 aromatic rings. The van der Waals surface area contributed by atoms with Crippen LogP contribution in [-0.4, -0.2) is 0 Å². The van der Waals surface area contributed by atoms with Crippen LogP contribution >= 0.6 is 15.9 Å². The van der Waals surface area contributed by atoms with E-state index in [1.807, 2.05) is 36.4 Å². The van der Waals surface area contributed by atoms with Crippen LogP contribution in [0.4, 0.5) is 17.1 Å². The summed E-state index contributed by atoms with van der Waals surface area (Å²) in [7, 11) is 0. The van der Waals surface area contributed by atoms with Crippen molar-refractivity contribution in [2.45, 2.75) is 52.4 Å². The monoisotopic (exact) mass is 682 g/mol. The second-order valence-corrected chi connectivity index (χ2v) is 15.0. The highest BCUT2D eigenvalue weighted by Gasteiger charge is 2.25. The maximum atomic E-state index is 8.77. The van der Waals surface area contributed by atoms with Gasteiger partial charge in [0.05, 0.1) is 17.9 Å². The molecule has 0 saturated heterocycles. The number of benzene rings is 6. The van der Waals surface area contributed by atoms with Crippen molar-refractivity contribution >= 4 is 54.9 Å². The van der Waals surface area contributed by atoms with Gasteiger partial charge in [0.1, 0.15) is 11.2 Å². The van der Waals surface area contributed by atoms with E-state index in [0.29, 0.717) is 5.56 Å². The SMILES string of the molecule is [2H]c1c([2H])c([2H])c(-c2cccc(N(c3cc(Br)cc(C(C)(C)C)c3)c3cc(-c4ccccc4C(C)(C)C)cc4oc5ccccc5c34)c2)c([2H])c1[2H]. The number of nitrogens with zero attached hydrogens (tertiary/aromatic N) is 1. The first-order chi connectivity index (χ1) is 24.5. The molecule has 0 spiro atoms. The molecule has 0 atom stereocenters. The molecule has 0 saturated carbocycles. The Bertz CT molecular complexity index is 2500. The fourth-order valence-corrected chi connectivity index (χ4v) is 6.79. The van der Waals surface area contributed by atoms with Crippen LogP contribution in [0.5, 0.6) is 0 Å². The van der Waals surface area contributed by atoms with Gasteiger partial charge in [-0.15, -0.1) is 0 Å². The maximum absolute atomic E-state index is 8.77. The highest BCUT2D eigenvalue weighted by atomic mass is 79.9. The second-order valence-electron chi connectivity index (χ2n) is 14.1. The Morgan fingerprint density at radius 3 is 2.13 bits per heavy atom. The molecular weight excluding hydrogens is 638 g/mol. The number of hydrogen-bond donors (Lipinski definition) is 0. The molecule has 7 rings (SSSR count). The highest BCUT2D eigenvalue weighted by Crippen LogP contribution is 2.47. The number of para-hydroxylation sites is 1. The van der Waals surface area contributed by atoms with Gasteiger partial charge in [-0.1, -0.05) is 142 Å². The molecule has 3 heteroatoms. The van der Waals surface area contributed by atoms with E-state index in [1.165, 1.54) is 5.56 Å². The molecule has 0 fully saturated rings. The molecule has 0 bridgehead atoms. The van der Waals surface area contributed by atoms with Gasteiger partial charge in [-0.3, -0.25) is 0 Å². The van der Waals surface area contributed by atoms with E-state index in [2.05, 4.69) is 123 Å². The first-order valence-corrected chi connectivity index (χ1v) is 16.7. The van der Waals surface area contributed by atoms with E-state index in [9.17, 15) is 0 Å². The van der Waals surface area contributed by atoms with Crippen LogP contribution in [0.15, 0.2) is 142 Å². The fraction of sp³-hybridized carbons (Fsp3) is 0.182. The smallest absolute Gasteiger partial charge is 0.138 e. The molecule has 0 N–H and O–H groups in total. The van der Waals surface area contributed by atoms with Crippen LogP contribution in [0.25, 0.3) is 44.2 Å². The van der Waals surface area contributed by atoms with Gasteiger partial charge in [0.25, 0.3) is 0 Å². The number of furan rings is 1. The number of fused-ring (bicyclic) bond motifs is 3. The number of rotatable bonds is 5. The standard InChI is InChI=1S/C44H40BrNO/c1-43(2,3)32-26-33(45)28-35(27-32)46(34-18-14-17-30(23-34)29-15-8-7-9-16-29)39-24-31(36-19-10-12-21-38(36)44(4,5)6)25-41-42(39)37-20-11-13-22-40(37)47-41/h7-28H,1-6H3/i7D,8D,9D,15D,16D. The van der Waals surface area contributed by atoms with Gasteiger partial charge < -0.3 is 9.32 Å². The van der Waals surface area contributed by atoms with E-state index in [4.69, 9.17) is 11.3 Å². The van der Waals surface area contributed by atoms with Gasteiger partial charge in [0, 0.05) is 21.2 Å². The van der Waals surface area contributed by atoms with E-state index in [-0.39, 0.29) is 40.6 Å². The average Bonchev–Trinajstić information content (AvgIpc) is 3.48. The zero-order valence-electron chi connectivity index (χ0n) is 32.5. The predicted octanol–water partition coefficient (Wildman–Crippen LogP) is 13.7. The fourth-order valence-electron chi connectivity index (χ4n) is 6.31. The van der Waals surface area contributed by atoms with Gasteiger partial charge in [-0.05, 0) is 92.7 Å². The number of halogens is 1. The van der Waals surface area contributed by atoms with E-state index >= 15 is 0 Å². The van der Waals surface area contributed by atoms with Crippen molar-refractivity contribution in [1.29, 1.82) is 0 Å². The minimum atomic E-state index is -0.415. The molecule has 47 heavy (non-hydrogen) atoms. The third-order valence-corrected chi connectivity index (χ3v) is 9.10. The lowest BCUT2D eigenvalue weighted by atomic mass is 9.81. The lowest BCUT2D eigenvalue weighted by Gasteiger charge is -2.30. The van der Waals surface area contributed by atoms with Crippen molar-refractivity contribution in [3.8, 4) is 22.3 Å². The summed E-state index contributed by atoms with van der Waals surface area (Å²) in [5.74, 6) is 0. The zero-order chi connectivity index (χ0) is 37.3. The number of hydrogen-bond acceptors (Lipinski definition) is 2. The Morgan fingerprint density at radius 1 is 0.617 bits per heavy atom. The third kappa shape index (κ3) is 6.01. The predicted molar refractivity (Wildman–Crippen MR) is 204 cm³/mol. The van der Waals surface area contributed by atoms with Crippen LogP contribution in [0.2, 0.25) is 0 Å². The molecule has 1 aromatic heterocycles. The van der Waals surface area contributed by atoms with E-state index < -0.39 is 6.04 Å². The first-order valence-electron chi connectivity index (χ1n) is 18.4. The van der Waals surface area contributed by atoms with Crippen molar-refractivity contribution in [1.82, 2.24) is 0 Å². The van der Waals surface area contributed by atoms with Crippen molar-refractivity contribution in [2.24, 2.45) is 0 Å². The summed E-state index contributed by atoms with van der Waals surface area (Å²) in [4.78, 5) is 2.20. The lowest BCUT2D eigenvalue weighted by molar-refractivity contribution is 0.590. The van der Waals surface area contributed by atoms with Crippen LogP contribution in [-0.2, 0) is 10.8 Å². The highest BCUT2D eigenvalue weighted by molar-refractivity contribution is 9.10. The molecule has 0 radical (unpaired) electrons. The van der Waals surface area contributed by atoms with Crippen molar-refractivity contribution in [3.05, 3.63) is 149 Å². The first kappa shape index (κ1) is 25.5. The molecule has 0 aliphatic heterocycles. The van der Waals surface area contributed by atoms with Crippen LogP contribution in [0, 0.1) is 0 Å². The Hall–Kier alpha value is -4.60. The molecule has 0 aliphatic rings. The summed E-state index contributed by atoms with van der Waals surface area (Å²) >= 11 is 3.82. The van der Waals surface area contributed by atoms with Crippen molar-refractivity contribution in [3.63, 3.8) is 0 Å². The molecular formula is C44H40BrNO. The third-order valence-electron chi connectivity index (χ3n) is 8.64. The maximum Gasteiger partial charge on any atom is 0.138 e. The van der Waals surface area contributed by atoms with Gasteiger partial charge in [-0.25, -0.2) is 0 Å². The van der Waals surface area contributed by atoms with Gasteiger partial charge >= 0.3 is 0 Å². The molecule has 0 aliphatic carbocycles. The Kier molecular flexibility index (Phi) is 6.44. The minimum absolute atomic E-state index is 0.122. The summed E-state index contributed by atoms with van der Waals surface area (Å²) < 4.78 is 50.0. The summed E-state index contributed by atoms with van der Waals surface area (Å²) in [5, 5.41) is 1.92. The van der Waals surface area contributed by atoms with Crippen molar-refractivity contribution < 1.29 is 11.3 Å². The normalized spacial score (nSPS) is 13.6. The molecule has 1 heterocycles. The molecule has 0 unspecified atom stereocenters. The summed E-state index contributed by atoms with van der Waals surface area (Å²) in [6.45, 7) is 13.2. The van der Waals surface area contributed by atoms with Crippen molar-refractivity contribution in [2.75, 3.05) is 4.90 Å². The Morgan fingerprint density at radius 2 is 1.36 bits per heavy atom. The topological polar surface area (TPSA) is 16.4 Å². The largest absolute Gasteiger partial charge is 0.456 e. The van der Waals surface area contributed by atoms with Crippen LogP contribution in [0.3, 0.4) is 0 Å². The summed E-state index contributed by atoms with van der Waals surface area (Å²) in [6.07, 6.45) is 0. The van der Waals surface area contributed by atoms with Gasteiger partial charge in [0.15, 0.2) is 0 Å². The number of anilines is 3. The van der Waals surface area contributed by atoms with E-state index in [0.717, 1.165) is 60.2 Å². The molecule has 234 valence electrons. The molecule has 6 aromatic carbocycles. The zero-order valence-corrected chi connectivity index (χ0v) is 29.1. The molecule has 2 nitrogen and oxygen atoms in total. The van der Waals surface area contributed by atoms with Crippen LogP contribution < -0.4 is 4.90 Å². The second kappa shape index (κ2) is 11.9. The van der Waals surface area contributed by atoms with Gasteiger partial charge in [-0.2, -0.15) is 0 Å². The Balaban J connectivity index is 1.60.